The van der Waals surface area contributed by atoms with Crippen LogP contribution < -0.4 is 16.0 Å². The minimum absolute atomic E-state index is 0.0142. The van der Waals surface area contributed by atoms with Crippen LogP contribution in [0.3, 0.4) is 0 Å². The maximum absolute atomic E-state index is 12.5. The van der Waals surface area contributed by atoms with Gasteiger partial charge < -0.3 is 25.4 Å². The van der Waals surface area contributed by atoms with Crippen molar-refractivity contribution in [2.45, 2.75) is 38.3 Å². The van der Waals surface area contributed by atoms with Crippen LogP contribution in [0.25, 0.3) is 11.4 Å². The summed E-state index contributed by atoms with van der Waals surface area (Å²) in [7, 11) is 0. The number of amides is 1. The van der Waals surface area contributed by atoms with E-state index in [0.717, 1.165) is 83.3 Å². The average Bonchev–Trinajstić information content (AvgIpc) is 3.36. The van der Waals surface area contributed by atoms with Gasteiger partial charge in [0.25, 0.3) is 5.91 Å². The van der Waals surface area contributed by atoms with E-state index in [9.17, 15) is 4.79 Å². The Kier molecular flexibility index (Phi) is 6.73. The lowest BCUT2D eigenvalue weighted by Gasteiger charge is -2.55. The molecule has 1 spiro atoms. The number of carbonyl (C=O) groups excluding carboxylic acids is 1. The van der Waals surface area contributed by atoms with E-state index in [1.54, 1.807) is 0 Å². The van der Waals surface area contributed by atoms with E-state index in [2.05, 4.69) is 37.4 Å². The highest BCUT2D eigenvalue weighted by atomic mass is 16.5. The van der Waals surface area contributed by atoms with Crippen LogP contribution in [0, 0.1) is 6.92 Å². The molecule has 0 atom stereocenters. The van der Waals surface area contributed by atoms with Crippen molar-refractivity contribution in [1.82, 2.24) is 25.1 Å². The summed E-state index contributed by atoms with van der Waals surface area (Å²) in [6, 6.07) is 10.1. The molecule has 1 aromatic carbocycles. The summed E-state index contributed by atoms with van der Waals surface area (Å²) in [6.07, 6.45) is 2.93. The fraction of sp³-hybridized carbons (Fsp3) is 0.481. The van der Waals surface area contributed by atoms with Crippen molar-refractivity contribution >= 4 is 23.2 Å². The molecule has 5 heterocycles. The third kappa shape index (κ3) is 4.84. The van der Waals surface area contributed by atoms with E-state index in [-0.39, 0.29) is 11.2 Å². The lowest BCUT2D eigenvalue weighted by atomic mass is 9.78. The highest BCUT2D eigenvalue weighted by Crippen LogP contribution is 2.45. The molecular weight excluding hydrogens is 484 g/mol. The van der Waals surface area contributed by atoms with Gasteiger partial charge in [0.15, 0.2) is 17.3 Å². The summed E-state index contributed by atoms with van der Waals surface area (Å²) < 4.78 is 11.1. The highest BCUT2D eigenvalue weighted by molar-refractivity contribution is 5.97. The number of anilines is 3. The van der Waals surface area contributed by atoms with Crippen LogP contribution in [0.15, 0.2) is 30.3 Å². The van der Waals surface area contributed by atoms with Gasteiger partial charge in [-0.05, 0) is 49.9 Å². The van der Waals surface area contributed by atoms with Crippen molar-refractivity contribution in [3.05, 3.63) is 47.3 Å². The van der Waals surface area contributed by atoms with Gasteiger partial charge in [0.05, 0.1) is 13.2 Å². The molecule has 11 nitrogen and oxygen atoms in total. The number of carbonyl (C=O) groups is 1. The quantitative estimate of drug-likeness (QED) is 0.431. The number of aryl methyl sites for hydroxylation is 1. The molecule has 0 aliphatic carbocycles. The zero-order chi connectivity index (χ0) is 26.1. The van der Waals surface area contributed by atoms with Gasteiger partial charge in [-0.15, -0.1) is 0 Å². The molecule has 3 aromatic rings. The van der Waals surface area contributed by atoms with E-state index >= 15 is 0 Å². The van der Waals surface area contributed by atoms with Gasteiger partial charge in [-0.3, -0.25) is 14.8 Å². The van der Waals surface area contributed by atoms with Crippen LogP contribution in [0.2, 0.25) is 0 Å². The van der Waals surface area contributed by atoms with Crippen molar-refractivity contribution in [3.8, 4) is 11.4 Å². The van der Waals surface area contributed by atoms with Crippen LogP contribution >= 0.6 is 0 Å². The standard InChI is InChI=1S/C27H34N8O3/c1-18-16-21(33-32-18)22-26(35-9-6-27(35)7-12-37-13-8-27)31-25(23(30-22)24(28)36)29-20-4-2-19(3-5-20)17-34-10-14-38-15-11-34/h2-5,16H,6-15,17H2,1H3,(H2,28,36)(H,29,31)(H,32,33). The van der Waals surface area contributed by atoms with Crippen LogP contribution in [0.5, 0.6) is 0 Å². The van der Waals surface area contributed by atoms with Crippen molar-refractivity contribution in [2.75, 3.05) is 56.3 Å². The number of nitrogens with zero attached hydrogens (tertiary/aromatic N) is 5. The van der Waals surface area contributed by atoms with Crippen molar-refractivity contribution < 1.29 is 14.3 Å². The molecule has 4 N–H and O–H groups in total. The number of H-pyrrole nitrogens is 1. The third-order valence-electron chi connectivity index (χ3n) is 7.84. The number of rotatable bonds is 7. The first-order valence-corrected chi connectivity index (χ1v) is 13.3. The Morgan fingerprint density at radius 2 is 1.79 bits per heavy atom. The smallest absolute Gasteiger partial charge is 0.271 e. The summed E-state index contributed by atoms with van der Waals surface area (Å²) in [6.45, 7) is 8.53. The van der Waals surface area contributed by atoms with Gasteiger partial charge in [-0.25, -0.2) is 9.97 Å². The van der Waals surface area contributed by atoms with Crippen molar-refractivity contribution in [2.24, 2.45) is 5.73 Å². The lowest BCUT2D eigenvalue weighted by molar-refractivity contribution is 0.0285. The van der Waals surface area contributed by atoms with Crippen LogP contribution in [0.1, 0.15) is 41.0 Å². The Labute approximate surface area is 221 Å². The molecular formula is C27H34N8O3. The molecule has 11 heteroatoms. The predicted molar refractivity (Wildman–Crippen MR) is 143 cm³/mol. The Balaban J connectivity index is 1.33. The summed E-state index contributed by atoms with van der Waals surface area (Å²) in [4.78, 5) is 27.0. The van der Waals surface area contributed by atoms with Gasteiger partial charge in [-0.1, -0.05) is 12.1 Å². The molecule has 6 rings (SSSR count). The number of primary amides is 1. The molecule has 2 aromatic heterocycles. The van der Waals surface area contributed by atoms with Gasteiger partial charge in [0, 0.05) is 56.3 Å². The topological polar surface area (TPSA) is 135 Å². The SMILES string of the molecule is Cc1cc(-c2nc(C(N)=O)c(Nc3ccc(CN4CCOCC4)cc3)nc2N2CCC23CCOCC3)n[nH]1. The zero-order valence-electron chi connectivity index (χ0n) is 21.7. The molecule has 3 aliphatic heterocycles. The molecule has 3 fully saturated rings. The number of benzene rings is 1. The van der Waals surface area contributed by atoms with E-state index in [4.69, 9.17) is 25.2 Å². The minimum atomic E-state index is -0.645. The molecule has 200 valence electrons. The normalized spacial score (nSPS) is 19.3. The van der Waals surface area contributed by atoms with Crippen molar-refractivity contribution in [3.63, 3.8) is 0 Å². The number of aromatic amines is 1. The summed E-state index contributed by atoms with van der Waals surface area (Å²) >= 11 is 0. The highest BCUT2D eigenvalue weighted by Gasteiger charge is 2.47. The molecule has 0 bridgehead atoms. The molecule has 3 aliphatic rings. The van der Waals surface area contributed by atoms with Gasteiger partial charge in [0.2, 0.25) is 0 Å². The maximum Gasteiger partial charge on any atom is 0.271 e. The Morgan fingerprint density at radius 1 is 1.05 bits per heavy atom. The Hall–Kier alpha value is -3.54. The summed E-state index contributed by atoms with van der Waals surface area (Å²) in [5.41, 5.74) is 9.99. The van der Waals surface area contributed by atoms with Crippen LogP contribution in [-0.2, 0) is 16.0 Å². The second kappa shape index (κ2) is 10.3. The number of hydrogen-bond donors (Lipinski definition) is 3. The molecule has 0 unspecified atom stereocenters. The van der Waals surface area contributed by atoms with Gasteiger partial charge in [-0.2, -0.15) is 5.10 Å². The van der Waals surface area contributed by atoms with Crippen LogP contribution in [-0.4, -0.2) is 82.6 Å². The fourth-order valence-corrected chi connectivity index (χ4v) is 5.57. The molecule has 0 radical (unpaired) electrons. The maximum atomic E-state index is 12.5. The zero-order valence-corrected chi connectivity index (χ0v) is 21.7. The molecule has 0 saturated carbocycles. The molecule has 3 saturated heterocycles. The monoisotopic (exact) mass is 518 g/mol. The van der Waals surface area contributed by atoms with E-state index in [0.29, 0.717) is 23.0 Å². The molecule has 38 heavy (non-hydrogen) atoms. The first kappa shape index (κ1) is 24.8. The lowest BCUT2D eigenvalue weighted by Crippen LogP contribution is -2.63. The number of ether oxygens (including phenoxy) is 2. The molecule has 1 amide bonds. The second-order valence-electron chi connectivity index (χ2n) is 10.3. The fourth-order valence-electron chi connectivity index (χ4n) is 5.57. The van der Waals surface area contributed by atoms with Crippen LogP contribution in [0.4, 0.5) is 17.3 Å². The number of hydrogen-bond acceptors (Lipinski definition) is 9. The second-order valence-corrected chi connectivity index (χ2v) is 10.3. The largest absolute Gasteiger partial charge is 0.381 e. The average molecular weight is 519 g/mol. The third-order valence-corrected chi connectivity index (χ3v) is 7.84. The number of aromatic nitrogens is 4. The Bertz CT molecular complexity index is 1300. The number of nitrogens with two attached hydrogens (primary N) is 1. The first-order valence-electron chi connectivity index (χ1n) is 13.3. The number of morpholine rings is 1. The Morgan fingerprint density at radius 3 is 2.42 bits per heavy atom. The first-order chi connectivity index (χ1) is 18.5. The predicted octanol–water partition coefficient (Wildman–Crippen LogP) is 2.61. The van der Waals surface area contributed by atoms with E-state index in [1.165, 1.54) is 5.56 Å². The summed E-state index contributed by atoms with van der Waals surface area (Å²) in [5.74, 6) is 0.410. The van der Waals surface area contributed by atoms with E-state index in [1.807, 2.05) is 25.1 Å². The summed E-state index contributed by atoms with van der Waals surface area (Å²) in [5, 5.41) is 10.7. The number of nitrogens with one attached hydrogen (secondary N) is 2. The van der Waals surface area contributed by atoms with Gasteiger partial charge >= 0.3 is 0 Å². The van der Waals surface area contributed by atoms with Crippen molar-refractivity contribution in [1.29, 1.82) is 0 Å². The van der Waals surface area contributed by atoms with E-state index < -0.39 is 5.91 Å². The minimum Gasteiger partial charge on any atom is -0.381 e. The van der Waals surface area contributed by atoms with Gasteiger partial charge in [0.1, 0.15) is 11.4 Å².